The summed E-state index contributed by atoms with van der Waals surface area (Å²) in [5.74, 6) is -0.597. The maximum absolute atomic E-state index is 11.9. The first-order valence-electron chi connectivity index (χ1n) is 6.47. The molecule has 0 saturated carbocycles. The smallest absolute Gasteiger partial charge is 0.412 e. The minimum atomic E-state index is -0.662. The van der Waals surface area contributed by atoms with E-state index >= 15 is 0 Å². The van der Waals surface area contributed by atoms with Crippen LogP contribution in [0.4, 0.5) is 10.5 Å². The fraction of sp³-hybridized carbons (Fsp3) is 0.500. The van der Waals surface area contributed by atoms with Crippen molar-refractivity contribution in [3.05, 3.63) is 24.0 Å². The Labute approximate surface area is 132 Å². The summed E-state index contributed by atoms with van der Waals surface area (Å²) in [4.78, 5) is 27.7. The third-order valence-corrected chi connectivity index (χ3v) is 3.62. The third kappa shape index (κ3) is 5.71. The quantitative estimate of drug-likeness (QED) is 0.644. The Morgan fingerprint density at radius 2 is 2.10 bits per heavy atom. The van der Waals surface area contributed by atoms with Crippen LogP contribution in [0.15, 0.2) is 18.3 Å². The maximum Gasteiger partial charge on any atom is 0.412 e. The number of amides is 1. The van der Waals surface area contributed by atoms with E-state index in [1.165, 1.54) is 6.20 Å². The van der Waals surface area contributed by atoms with Gasteiger partial charge in [-0.1, -0.05) is 15.9 Å². The Morgan fingerprint density at radius 3 is 2.67 bits per heavy atom. The van der Waals surface area contributed by atoms with Crippen molar-refractivity contribution in [3.8, 4) is 0 Å². The number of rotatable bonds is 5. The summed E-state index contributed by atoms with van der Waals surface area (Å²) in [6.07, 6.45) is 0.522. The van der Waals surface area contributed by atoms with E-state index in [-0.39, 0.29) is 17.5 Å². The van der Waals surface area contributed by atoms with Crippen LogP contribution in [0.1, 0.15) is 38.2 Å². The number of carbonyl (C=O) groups excluding carboxylic acids is 2. The minimum Gasteiger partial charge on any atom is -0.458 e. The second-order valence-corrected chi connectivity index (χ2v) is 5.82. The van der Waals surface area contributed by atoms with Crippen molar-refractivity contribution in [3.63, 3.8) is 0 Å². The third-order valence-electron chi connectivity index (χ3n) is 2.27. The lowest BCUT2D eigenvalue weighted by Crippen LogP contribution is -2.32. The Hall–Kier alpha value is -1.63. The molecule has 0 unspecified atom stereocenters. The largest absolute Gasteiger partial charge is 0.458 e. The van der Waals surface area contributed by atoms with Gasteiger partial charge in [-0.25, -0.2) is 14.6 Å². The fourth-order valence-corrected chi connectivity index (χ4v) is 1.47. The maximum atomic E-state index is 11.9. The van der Waals surface area contributed by atoms with Gasteiger partial charge in [0.1, 0.15) is 5.60 Å². The molecule has 6 nitrogen and oxygen atoms in total. The van der Waals surface area contributed by atoms with Crippen LogP contribution in [-0.2, 0) is 9.47 Å². The summed E-state index contributed by atoms with van der Waals surface area (Å²) in [6, 6.07) is 3.17. The van der Waals surface area contributed by atoms with Crippen LogP contribution in [0.25, 0.3) is 0 Å². The van der Waals surface area contributed by atoms with E-state index in [4.69, 9.17) is 9.47 Å². The number of alkyl halides is 1. The molecule has 0 aliphatic rings. The highest BCUT2D eigenvalue weighted by molar-refractivity contribution is 9.09. The summed E-state index contributed by atoms with van der Waals surface area (Å²) < 4.78 is 10.3. The molecule has 1 amide bonds. The van der Waals surface area contributed by atoms with Gasteiger partial charge in [0.25, 0.3) is 0 Å². The zero-order valence-corrected chi connectivity index (χ0v) is 14.1. The number of ether oxygens (including phenoxy) is 2. The molecule has 0 fully saturated rings. The molecule has 0 bridgehead atoms. The van der Waals surface area contributed by atoms with Gasteiger partial charge in [0.15, 0.2) is 5.69 Å². The molecule has 0 aromatic carbocycles. The van der Waals surface area contributed by atoms with Crippen LogP contribution in [0, 0.1) is 0 Å². The van der Waals surface area contributed by atoms with E-state index in [0.29, 0.717) is 5.33 Å². The Balaban J connectivity index is 2.84. The van der Waals surface area contributed by atoms with Crippen molar-refractivity contribution >= 4 is 33.7 Å². The fourth-order valence-electron chi connectivity index (χ4n) is 1.35. The molecule has 1 aromatic rings. The molecule has 0 aliphatic carbocycles. The predicted molar refractivity (Wildman–Crippen MR) is 82.8 cm³/mol. The number of nitrogens with one attached hydrogen (secondary N) is 1. The highest BCUT2D eigenvalue weighted by atomic mass is 79.9. The number of hydrogen-bond acceptors (Lipinski definition) is 5. The monoisotopic (exact) mass is 358 g/mol. The van der Waals surface area contributed by atoms with Crippen LogP contribution in [0.3, 0.4) is 0 Å². The lowest BCUT2D eigenvalue weighted by Gasteiger charge is -2.22. The van der Waals surface area contributed by atoms with Gasteiger partial charge in [-0.3, -0.25) is 5.32 Å². The molecule has 7 heteroatoms. The molecule has 1 N–H and O–H groups in total. The van der Waals surface area contributed by atoms with Crippen LogP contribution in [0.5, 0.6) is 0 Å². The van der Waals surface area contributed by atoms with Crippen LogP contribution in [-0.4, -0.2) is 34.1 Å². The van der Waals surface area contributed by atoms with E-state index in [0.717, 1.165) is 0 Å². The molecule has 1 heterocycles. The van der Waals surface area contributed by atoms with Gasteiger partial charge in [-0.15, -0.1) is 0 Å². The zero-order valence-electron chi connectivity index (χ0n) is 12.5. The first-order valence-corrected chi connectivity index (χ1v) is 7.59. The second kappa shape index (κ2) is 7.40. The lowest BCUT2D eigenvalue weighted by atomic mass is 10.2. The van der Waals surface area contributed by atoms with Gasteiger partial charge in [0, 0.05) is 11.5 Å². The van der Waals surface area contributed by atoms with Crippen molar-refractivity contribution in [2.75, 3.05) is 10.6 Å². The van der Waals surface area contributed by atoms with Crippen LogP contribution in [0.2, 0.25) is 0 Å². The summed E-state index contributed by atoms with van der Waals surface area (Å²) >= 11 is 3.26. The average molecular weight is 359 g/mol. The molecule has 116 valence electrons. The highest BCUT2D eigenvalue weighted by Gasteiger charge is 2.23. The topological polar surface area (TPSA) is 77.5 Å². The normalized spacial score (nSPS) is 11.1. The number of anilines is 1. The van der Waals surface area contributed by atoms with E-state index in [9.17, 15) is 9.59 Å². The SMILES string of the molecule is CC(C)OC(=O)c1ncccc1NC(=O)OC(C)(C)CBr. The van der Waals surface area contributed by atoms with Crippen molar-refractivity contribution in [2.45, 2.75) is 39.4 Å². The number of esters is 1. The number of hydrogen-bond donors (Lipinski definition) is 1. The van der Waals surface area contributed by atoms with Gasteiger partial charge >= 0.3 is 12.1 Å². The highest BCUT2D eigenvalue weighted by Crippen LogP contribution is 2.17. The van der Waals surface area contributed by atoms with E-state index in [2.05, 4.69) is 26.2 Å². The van der Waals surface area contributed by atoms with Crippen LogP contribution < -0.4 is 5.32 Å². The van der Waals surface area contributed by atoms with E-state index in [1.54, 1.807) is 39.8 Å². The summed E-state index contributed by atoms with van der Waals surface area (Å²) in [5.41, 5.74) is -0.372. The molecule has 0 aliphatic heterocycles. The Morgan fingerprint density at radius 1 is 1.43 bits per heavy atom. The predicted octanol–water partition coefficient (Wildman–Crippen LogP) is 3.37. The Bertz CT molecular complexity index is 517. The van der Waals surface area contributed by atoms with Gasteiger partial charge < -0.3 is 9.47 Å². The van der Waals surface area contributed by atoms with Gasteiger partial charge in [-0.2, -0.15) is 0 Å². The van der Waals surface area contributed by atoms with Crippen LogP contribution >= 0.6 is 15.9 Å². The molecule has 21 heavy (non-hydrogen) atoms. The average Bonchev–Trinajstić information content (AvgIpc) is 2.37. The first-order chi connectivity index (χ1) is 9.75. The standard InChI is InChI=1S/C14H19BrN2O4/c1-9(2)20-12(18)11-10(6-5-7-16-11)17-13(19)21-14(3,4)8-15/h5-7,9H,8H2,1-4H3,(H,17,19). The Kier molecular flexibility index (Phi) is 6.14. The molecule has 0 atom stereocenters. The zero-order chi connectivity index (χ0) is 16.0. The molecule has 1 aromatic heterocycles. The number of halogens is 1. The number of pyridine rings is 1. The molecule has 0 saturated heterocycles. The van der Waals surface area contributed by atoms with Gasteiger partial charge in [0.05, 0.1) is 11.8 Å². The van der Waals surface area contributed by atoms with Crippen molar-refractivity contribution < 1.29 is 19.1 Å². The molecule has 1 rings (SSSR count). The molecule has 0 spiro atoms. The van der Waals surface area contributed by atoms with Crippen molar-refractivity contribution in [1.29, 1.82) is 0 Å². The minimum absolute atomic E-state index is 0.0415. The molecular formula is C14H19BrN2O4. The molecule has 0 radical (unpaired) electrons. The van der Waals surface area contributed by atoms with Crippen molar-refractivity contribution in [1.82, 2.24) is 4.98 Å². The summed E-state index contributed by atoms with van der Waals surface area (Å²) in [5, 5.41) is 3.00. The number of nitrogens with zero attached hydrogens (tertiary/aromatic N) is 1. The second-order valence-electron chi connectivity index (χ2n) is 5.26. The molecular weight excluding hydrogens is 340 g/mol. The lowest BCUT2D eigenvalue weighted by molar-refractivity contribution is 0.0372. The summed E-state index contributed by atoms with van der Waals surface area (Å²) in [7, 11) is 0. The number of carbonyl (C=O) groups is 2. The summed E-state index contributed by atoms with van der Waals surface area (Å²) in [6.45, 7) is 7.00. The number of aromatic nitrogens is 1. The van der Waals surface area contributed by atoms with E-state index in [1.807, 2.05) is 0 Å². The van der Waals surface area contributed by atoms with Gasteiger partial charge in [-0.05, 0) is 39.8 Å². The first kappa shape index (κ1) is 17.4. The van der Waals surface area contributed by atoms with Crippen molar-refractivity contribution in [2.24, 2.45) is 0 Å². The van der Waals surface area contributed by atoms with Gasteiger partial charge in [0.2, 0.25) is 0 Å². The van der Waals surface area contributed by atoms with E-state index < -0.39 is 17.7 Å².